The Balaban J connectivity index is 1.57. The Morgan fingerprint density at radius 3 is 3.04 bits per heavy atom. The molecule has 1 unspecified atom stereocenters. The van der Waals surface area contributed by atoms with E-state index in [2.05, 4.69) is 36.5 Å². The van der Waals surface area contributed by atoms with E-state index in [4.69, 9.17) is 4.74 Å². The number of rotatable bonds is 5. The summed E-state index contributed by atoms with van der Waals surface area (Å²) >= 11 is 3.48. The zero-order chi connectivity index (χ0) is 19.2. The van der Waals surface area contributed by atoms with E-state index in [0.29, 0.717) is 24.9 Å². The fourth-order valence-corrected chi connectivity index (χ4v) is 3.54. The minimum absolute atomic E-state index is 0.169. The summed E-state index contributed by atoms with van der Waals surface area (Å²) < 4.78 is 20.3. The summed E-state index contributed by atoms with van der Waals surface area (Å²) in [6.45, 7) is 2.00. The van der Waals surface area contributed by atoms with Crippen LogP contribution in [-0.4, -0.2) is 44.2 Å². The van der Waals surface area contributed by atoms with Crippen LogP contribution in [0.25, 0.3) is 0 Å². The van der Waals surface area contributed by atoms with E-state index in [-0.39, 0.29) is 11.9 Å². The molecule has 0 aliphatic carbocycles. The van der Waals surface area contributed by atoms with Crippen molar-refractivity contribution in [1.82, 2.24) is 15.6 Å². The fourth-order valence-electron chi connectivity index (χ4n) is 3.13. The molecule has 1 fully saturated rings. The van der Waals surface area contributed by atoms with Gasteiger partial charge in [0.1, 0.15) is 5.75 Å². The summed E-state index contributed by atoms with van der Waals surface area (Å²) in [4.78, 5) is 10.4. The number of hydrogen-bond acceptors (Lipinski definition) is 4. The number of pyridine rings is 1. The highest BCUT2D eigenvalue weighted by atomic mass is 79.9. The smallest absolute Gasteiger partial charge is 0.191 e. The van der Waals surface area contributed by atoms with Crippen molar-refractivity contribution < 1.29 is 9.13 Å². The van der Waals surface area contributed by atoms with Gasteiger partial charge < -0.3 is 20.3 Å². The SMILES string of the molecule is CN=C(NCc1cc(Br)ccc1OC)NC1CCN(c2ncccc2F)C1. The van der Waals surface area contributed by atoms with Gasteiger partial charge in [0.05, 0.1) is 7.11 Å². The molecule has 2 heterocycles. The molecule has 0 spiro atoms. The average Bonchev–Trinajstić information content (AvgIpc) is 3.14. The van der Waals surface area contributed by atoms with Gasteiger partial charge in [-0.25, -0.2) is 9.37 Å². The van der Waals surface area contributed by atoms with E-state index in [1.165, 1.54) is 6.07 Å². The Bertz CT molecular complexity index is 816. The van der Waals surface area contributed by atoms with Gasteiger partial charge in [-0.05, 0) is 36.8 Å². The lowest BCUT2D eigenvalue weighted by Gasteiger charge is -2.20. The Morgan fingerprint density at radius 1 is 1.44 bits per heavy atom. The molecule has 0 saturated carbocycles. The first-order chi connectivity index (χ1) is 13.1. The van der Waals surface area contributed by atoms with Crippen LogP contribution in [0.5, 0.6) is 5.75 Å². The Morgan fingerprint density at radius 2 is 2.30 bits per heavy atom. The van der Waals surface area contributed by atoms with E-state index in [1.807, 2.05) is 23.1 Å². The van der Waals surface area contributed by atoms with E-state index in [9.17, 15) is 4.39 Å². The number of anilines is 1. The number of ether oxygens (including phenoxy) is 1. The number of guanidine groups is 1. The molecule has 1 aliphatic heterocycles. The highest BCUT2D eigenvalue weighted by Crippen LogP contribution is 2.23. The Hall–Kier alpha value is -2.35. The predicted octanol–water partition coefficient (Wildman–Crippen LogP) is 2.94. The van der Waals surface area contributed by atoms with E-state index >= 15 is 0 Å². The molecule has 3 rings (SSSR count). The lowest BCUT2D eigenvalue weighted by atomic mass is 10.2. The number of methoxy groups -OCH3 is 1. The van der Waals surface area contributed by atoms with Gasteiger partial charge >= 0.3 is 0 Å². The lowest BCUT2D eigenvalue weighted by molar-refractivity contribution is 0.409. The average molecular weight is 436 g/mol. The third-order valence-corrected chi connectivity index (χ3v) is 4.97. The fraction of sp³-hybridized carbons (Fsp3) is 0.368. The maximum Gasteiger partial charge on any atom is 0.191 e. The second-order valence-electron chi connectivity index (χ2n) is 6.27. The van der Waals surface area contributed by atoms with Crippen LogP contribution in [0.15, 0.2) is 46.0 Å². The normalized spacial score (nSPS) is 17.1. The van der Waals surface area contributed by atoms with E-state index in [0.717, 1.165) is 28.8 Å². The van der Waals surface area contributed by atoms with Crippen LogP contribution in [0, 0.1) is 5.82 Å². The number of halogens is 2. The summed E-state index contributed by atoms with van der Waals surface area (Å²) in [6.07, 6.45) is 2.50. The van der Waals surface area contributed by atoms with Crippen molar-refractivity contribution in [3.8, 4) is 5.75 Å². The summed E-state index contributed by atoms with van der Waals surface area (Å²) in [6, 6.07) is 9.09. The van der Waals surface area contributed by atoms with Gasteiger partial charge in [-0.2, -0.15) is 0 Å². The summed E-state index contributed by atoms with van der Waals surface area (Å²) in [5, 5.41) is 6.71. The summed E-state index contributed by atoms with van der Waals surface area (Å²) in [5.41, 5.74) is 1.03. The largest absolute Gasteiger partial charge is 0.496 e. The van der Waals surface area contributed by atoms with Gasteiger partial charge in [0.25, 0.3) is 0 Å². The monoisotopic (exact) mass is 435 g/mol. The van der Waals surface area contributed by atoms with Crippen LogP contribution < -0.4 is 20.3 Å². The number of aliphatic imine (C=N–C) groups is 1. The van der Waals surface area contributed by atoms with Crippen LogP contribution in [0.2, 0.25) is 0 Å². The van der Waals surface area contributed by atoms with Crippen LogP contribution in [0.4, 0.5) is 10.2 Å². The summed E-state index contributed by atoms with van der Waals surface area (Å²) in [5.74, 6) is 1.63. The minimum Gasteiger partial charge on any atom is -0.496 e. The van der Waals surface area contributed by atoms with Gasteiger partial charge in [-0.15, -0.1) is 0 Å². The van der Waals surface area contributed by atoms with E-state index < -0.39 is 0 Å². The third kappa shape index (κ3) is 4.88. The van der Waals surface area contributed by atoms with Crippen molar-refractivity contribution in [2.24, 2.45) is 4.99 Å². The molecule has 2 aromatic rings. The minimum atomic E-state index is -0.289. The van der Waals surface area contributed by atoms with Crippen molar-refractivity contribution >= 4 is 27.7 Å². The molecule has 8 heteroatoms. The van der Waals surface area contributed by atoms with Crippen LogP contribution in [-0.2, 0) is 6.54 Å². The standard InChI is InChI=1S/C19H23BrFN5O/c1-22-19(24-11-13-10-14(20)5-6-17(13)27-2)25-15-7-9-26(12-15)18-16(21)4-3-8-23-18/h3-6,8,10,15H,7,9,11-12H2,1-2H3,(H2,22,24,25). The van der Waals surface area contributed by atoms with Crippen molar-refractivity contribution in [1.29, 1.82) is 0 Å². The molecule has 1 atom stereocenters. The molecule has 27 heavy (non-hydrogen) atoms. The first-order valence-corrected chi connectivity index (χ1v) is 9.55. The molecule has 0 radical (unpaired) electrons. The molecule has 2 N–H and O–H groups in total. The van der Waals surface area contributed by atoms with Crippen LogP contribution in [0.1, 0.15) is 12.0 Å². The van der Waals surface area contributed by atoms with Gasteiger partial charge in [-0.3, -0.25) is 4.99 Å². The quantitative estimate of drug-likeness (QED) is 0.558. The molecular formula is C19H23BrFN5O. The maximum absolute atomic E-state index is 13.9. The van der Waals surface area contributed by atoms with Crippen molar-refractivity contribution in [3.63, 3.8) is 0 Å². The molecule has 0 bridgehead atoms. The molecule has 1 aromatic carbocycles. The van der Waals surface area contributed by atoms with E-state index in [1.54, 1.807) is 26.4 Å². The third-order valence-electron chi connectivity index (χ3n) is 4.48. The first-order valence-electron chi connectivity index (χ1n) is 8.75. The second kappa shape index (κ2) is 9.03. The highest BCUT2D eigenvalue weighted by Gasteiger charge is 2.25. The number of hydrogen-bond donors (Lipinski definition) is 2. The number of aromatic nitrogens is 1. The molecular weight excluding hydrogens is 413 g/mol. The van der Waals surface area contributed by atoms with Crippen LogP contribution >= 0.6 is 15.9 Å². The molecule has 6 nitrogen and oxygen atoms in total. The zero-order valence-electron chi connectivity index (χ0n) is 15.4. The molecule has 144 valence electrons. The van der Waals surface area contributed by atoms with Crippen molar-refractivity contribution in [2.45, 2.75) is 19.0 Å². The molecule has 0 amide bonds. The summed E-state index contributed by atoms with van der Waals surface area (Å²) in [7, 11) is 3.39. The number of nitrogens with one attached hydrogen (secondary N) is 2. The van der Waals surface area contributed by atoms with Gasteiger partial charge in [-0.1, -0.05) is 15.9 Å². The number of nitrogens with zero attached hydrogens (tertiary/aromatic N) is 3. The second-order valence-corrected chi connectivity index (χ2v) is 7.18. The van der Waals surface area contributed by atoms with Gasteiger partial charge in [0.15, 0.2) is 17.6 Å². The van der Waals surface area contributed by atoms with Gasteiger partial charge in [0.2, 0.25) is 0 Å². The Kier molecular flexibility index (Phi) is 6.49. The maximum atomic E-state index is 13.9. The predicted molar refractivity (Wildman–Crippen MR) is 109 cm³/mol. The number of benzene rings is 1. The van der Waals surface area contributed by atoms with Crippen LogP contribution in [0.3, 0.4) is 0 Å². The van der Waals surface area contributed by atoms with Crippen molar-refractivity contribution in [3.05, 3.63) is 52.4 Å². The van der Waals surface area contributed by atoms with Crippen molar-refractivity contribution in [2.75, 3.05) is 32.1 Å². The lowest BCUT2D eigenvalue weighted by Crippen LogP contribution is -2.44. The molecule has 1 saturated heterocycles. The topological polar surface area (TPSA) is 61.8 Å². The molecule has 1 aromatic heterocycles. The molecule has 1 aliphatic rings. The zero-order valence-corrected chi connectivity index (χ0v) is 17.0. The Labute approximate surface area is 167 Å². The van der Waals surface area contributed by atoms with Gasteiger partial charge in [0, 0.05) is 49.0 Å². The first kappa shape index (κ1) is 19.4. The highest BCUT2D eigenvalue weighted by molar-refractivity contribution is 9.10.